The first kappa shape index (κ1) is 24.8. The minimum absolute atomic E-state index is 0.135. The van der Waals surface area contributed by atoms with Crippen molar-refractivity contribution < 1.29 is 4.74 Å². The van der Waals surface area contributed by atoms with Gasteiger partial charge in [0.05, 0.1) is 16.8 Å². The summed E-state index contributed by atoms with van der Waals surface area (Å²) in [6.45, 7) is 4.86. The molecule has 0 heterocycles. The molecule has 0 aliphatic carbocycles. The van der Waals surface area contributed by atoms with Crippen molar-refractivity contribution >= 4 is 58.1 Å². The van der Waals surface area contributed by atoms with E-state index in [-0.39, 0.29) is 17.5 Å². The van der Waals surface area contributed by atoms with Crippen LogP contribution in [-0.4, -0.2) is 19.2 Å². The van der Waals surface area contributed by atoms with Crippen LogP contribution in [0.5, 0.6) is 5.75 Å². The second-order valence-corrected chi connectivity index (χ2v) is 9.78. The van der Waals surface area contributed by atoms with E-state index in [0.29, 0.717) is 28.2 Å². The first-order valence-corrected chi connectivity index (χ1v) is 12.1. The Morgan fingerprint density at radius 2 is 1.66 bits per heavy atom. The van der Waals surface area contributed by atoms with Gasteiger partial charge in [0.25, 0.3) is 10.9 Å². The number of benzene rings is 2. The highest BCUT2D eigenvalue weighted by Gasteiger charge is 2.23. The first-order valence-electron chi connectivity index (χ1n) is 10.2. The Bertz CT molecular complexity index is 1130. The predicted molar refractivity (Wildman–Crippen MR) is 136 cm³/mol. The second kappa shape index (κ2) is 11.3. The zero-order valence-electron chi connectivity index (χ0n) is 17.7. The molecule has 0 spiro atoms. The maximum Gasteiger partial charge on any atom is 0.272 e. The molecule has 5 nitrogen and oxygen atoms in total. The van der Waals surface area contributed by atoms with E-state index in [0.717, 1.165) is 23.4 Å². The average Bonchev–Trinajstić information content (AvgIpc) is 2.76. The van der Waals surface area contributed by atoms with Crippen molar-refractivity contribution in [2.45, 2.75) is 37.7 Å². The van der Waals surface area contributed by atoms with Crippen molar-refractivity contribution in [1.29, 1.82) is 0 Å². The van der Waals surface area contributed by atoms with Gasteiger partial charge in [-0.15, -0.1) is 0 Å². The summed E-state index contributed by atoms with van der Waals surface area (Å²) in [7, 11) is 0. The topological polar surface area (TPSA) is 58.6 Å². The van der Waals surface area contributed by atoms with Crippen LogP contribution >= 0.6 is 46.8 Å². The number of nitrogens with zero attached hydrogens (tertiary/aromatic N) is 1. The minimum atomic E-state index is -0.567. The van der Waals surface area contributed by atoms with Crippen LogP contribution < -0.4 is 25.2 Å². The zero-order chi connectivity index (χ0) is 23.3. The van der Waals surface area contributed by atoms with E-state index in [2.05, 4.69) is 9.62 Å². The molecule has 0 unspecified atom stereocenters. The van der Waals surface area contributed by atoms with Crippen LogP contribution in [-0.2, 0) is 0 Å². The van der Waals surface area contributed by atoms with E-state index in [9.17, 15) is 9.59 Å². The van der Waals surface area contributed by atoms with Gasteiger partial charge in [-0.25, -0.2) is 0 Å². The molecule has 3 aromatic rings. The molecule has 0 atom stereocenters. The number of ether oxygens (including phenoxy) is 1. The lowest BCUT2D eigenvalue weighted by Crippen LogP contribution is -2.37. The van der Waals surface area contributed by atoms with Crippen molar-refractivity contribution in [3.8, 4) is 5.75 Å². The Morgan fingerprint density at radius 1 is 0.969 bits per heavy atom. The fourth-order valence-electron chi connectivity index (χ4n) is 2.99. The van der Waals surface area contributed by atoms with Crippen molar-refractivity contribution in [2.24, 2.45) is 0 Å². The number of nitrogens with one attached hydrogen (secondary N) is 1. The van der Waals surface area contributed by atoms with Gasteiger partial charge in [-0.1, -0.05) is 34.8 Å². The molecule has 0 fully saturated rings. The normalized spacial score (nSPS) is 11.2. The van der Waals surface area contributed by atoms with Gasteiger partial charge in [-0.2, -0.15) is 0 Å². The number of hydrogen-bond donors (Lipinski definition) is 1. The number of halogens is 3. The van der Waals surface area contributed by atoms with Gasteiger partial charge in [0, 0.05) is 28.0 Å². The van der Waals surface area contributed by atoms with E-state index in [1.807, 2.05) is 44.2 Å². The summed E-state index contributed by atoms with van der Waals surface area (Å²) >= 11 is 20.2. The third-order valence-corrected chi connectivity index (χ3v) is 6.41. The molecular formula is C23H23Cl3N2O3S. The molecule has 32 heavy (non-hydrogen) atoms. The number of unbranched alkanes of at least 4 members (excludes halogenated alkanes) is 1. The van der Waals surface area contributed by atoms with Crippen molar-refractivity contribution in [3.05, 3.63) is 78.0 Å². The predicted octanol–water partition coefficient (Wildman–Crippen LogP) is 6.44. The third-order valence-electron chi connectivity index (χ3n) is 4.52. The van der Waals surface area contributed by atoms with Crippen LogP contribution in [0.3, 0.4) is 0 Å². The van der Waals surface area contributed by atoms with Crippen LogP contribution in [0.1, 0.15) is 26.7 Å². The molecule has 0 bridgehead atoms. The summed E-state index contributed by atoms with van der Waals surface area (Å²) in [6, 6.07) is 12.9. The van der Waals surface area contributed by atoms with Crippen LogP contribution in [0.4, 0.5) is 11.4 Å². The van der Waals surface area contributed by atoms with Crippen molar-refractivity contribution in [1.82, 2.24) is 0 Å². The van der Waals surface area contributed by atoms with Gasteiger partial charge >= 0.3 is 0 Å². The SMILES string of the molecule is CC(C)Oc1c(NCCCCN(Sc2ccc(Cl)cc2)c2cc(Cl)ccc2Cl)c(=O)c1=O. The molecule has 0 aliphatic rings. The molecule has 0 saturated carbocycles. The highest BCUT2D eigenvalue weighted by atomic mass is 35.5. The quantitative estimate of drug-likeness (QED) is 0.181. The highest BCUT2D eigenvalue weighted by molar-refractivity contribution is 8.00. The maximum absolute atomic E-state index is 11.8. The molecule has 0 radical (unpaired) electrons. The Morgan fingerprint density at radius 3 is 2.34 bits per heavy atom. The molecule has 0 amide bonds. The molecule has 3 rings (SSSR count). The fourth-order valence-corrected chi connectivity index (χ4v) is 4.53. The molecule has 0 saturated heterocycles. The van der Waals surface area contributed by atoms with E-state index in [1.165, 1.54) is 0 Å². The van der Waals surface area contributed by atoms with Crippen LogP contribution in [0.25, 0.3) is 0 Å². The summed E-state index contributed by atoms with van der Waals surface area (Å²) in [4.78, 5) is 24.5. The molecule has 0 aliphatic heterocycles. The van der Waals surface area contributed by atoms with E-state index >= 15 is 0 Å². The molecule has 170 valence electrons. The monoisotopic (exact) mass is 512 g/mol. The Hall–Kier alpha value is -1.86. The summed E-state index contributed by atoms with van der Waals surface area (Å²) in [6.07, 6.45) is 1.42. The lowest BCUT2D eigenvalue weighted by molar-refractivity contribution is 0.238. The molecule has 0 aromatic heterocycles. The summed E-state index contributed by atoms with van der Waals surface area (Å²) in [5, 5.41) is 4.92. The number of anilines is 2. The molecule has 1 N–H and O–H groups in total. The lowest BCUT2D eigenvalue weighted by atomic mass is 10.2. The zero-order valence-corrected chi connectivity index (χ0v) is 20.7. The maximum atomic E-state index is 11.8. The van der Waals surface area contributed by atoms with E-state index in [4.69, 9.17) is 39.5 Å². The van der Waals surface area contributed by atoms with Crippen molar-refractivity contribution in [2.75, 3.05) is 22.7 Å². The minimum Gasteiger partial charge on any atom is -0.485 e. The van der Waals surface area contributed by atoms with Crippen LogP contribution in [0.2, 0.25) is 15.1 Å². The summed E-state index contributed by atoms with van der Waals surface area (Å²) in [5.41, 5.74) is 0.00442. The standard InChI is InChI=1S/C23H23Cl3N2O3S/c1-14(2)31-23-20(21(29)22(23)30)27-11-3-4-12-28(19-13-16(25)7-10-18(19)26)32-17-8-5-15(24)6-9-17/h5-10,13-14,27H,3-4,11-12H2,1-2H3. The van der Waals surface area contributed by atoms with E-state index in [1.54, 1.807) is 24.1 Å². The third kappa shape index (κ3) is 6.35. The number of hydrogen-bond acceptors (Lipinski definition) is 6. The Balaban J connectivity index is 1.61. The van der Waals surface area contributed by atoms with Gasteiger partial charge in [-0.3, -0.25) is 9.59 Å². The highest BCUT2D eigenvalue weighted by Crippen LogP contribution is 2.36. The molecular weight excluding hydrogens is 491 g/mol. The Labute approximate surface area is 206 Å². The average molecular weight is 514 g/mol. The van der Waals surface area contributed by atoms with Gasteiger partial charge in [0.15, 0.2) is 5.75 Å². The van der Waals surface area contributed by atoms with Crippen molar-refractivity contribution in [3.63, 3.8) is 0 Å². The molecule has 9 heteroatoms. The second-order valence-electron chi connectivity index (χ2n) is 7.41. The van der Waals surface area contributed by atoms with Gasteiger partial charge in [0.1, 0.15) is 5.69 Å². The first-order chi connectivity index (χ1) is 15.3. The largest absolute Gasteiger partial charge is 0.485 e. The van der Waals surface area contributed by atoms with Crippen LogP contribution in [0, 0.1) is 0 Å². The summed E-state index contributed by atoms with van der Waals surface area (Å²) in [5.74, 6) is 0.135. The fraction of sp³-hybridized carbons (Fsp3) is 0.304. The van der Waals surface area contributed by atoms with Gasteiger partial charge in [-0.05, 0) is 81.1 Å². The van der Waals surface area contributed by atoms with Crippen LogP contribution in [0.15, 0.2) is 56.9 Å². The van der Waals surface area contributed by atoms with Gasteiger partial charge in [0.2, 0.25) is 0 Å². The number of rotatable bonds is 11. The van der Waals surface area contributed by atoms with Gasteiger partial charge < -0.3 is 14.4 Å². The molecule has 3 aromatic carbocycles. The lowest BCUT2D eigenvalue weighted by Gasteiger charge is -2.25. The smallest absolute Gasteiger partial charge is 0.272 e. The summed E-state index contributed by atoms with van der Waals surface area (Å²) < 4.78 is 7.52. The Kier molecular flexibility index (Phi) is 8.77. The van der Waals surface area contributed by atoms with E-state index < -0.39 is 10.9 Å².